The number of aromatic nitrogens is 1. The first-order valence-corrected chi connectivity index (χ1v) is 10.00. The van der Waals surface area contributed by atoms with E-state index in [0.29, 0.717) is 6.61 Å². The maximum absolute atomic E-state index is 12.7. The molecule has 1 amide bonds. The molecule has 2 saturated heterocycles. The summed E-state index contributed by atoms with van der Waals surface area (Å²) >= 11 is 0. The zero-order chi connectivity index (χ0) is 19.3. The Labute approximate surface area is 166 Å². The van der Waals surface area contributed by atoms with Gasteiger partial charge in [-0.2, -0.15) is 0 Å². The van der Waals surface area contributed by atoms with Crippen LogP contribution in [0, 0.1) is 6.92 Å². The second-order valence-electron chi connectivity index (χ2n) is 7.34. The van der Waals surface area contributed by atoms with Crippen molar-refractivity contribution in [2.75, 3.05) is 37.7 Å². The van der Waals surface area contributed by atoms with Crippen molar-refractivity contribution in [1.29, 1.82) is 0 Å². The Bertz CT molecular complexity index is 806. The molecule has 1 atom stereocenters. The van der Waals surface area contributed by atoms with Crippen LogP contribution < -0.4 is 4.90 Å². The lowest BCUT2D eigenvalue weighted by Gasteiger charge is -2.29. The van der Waals surface area contributed by atoms with E-state index in [4.69, 9.17) is 14.5 Å². The Hall–Kier alpha value is -2.60. The molecule has 0 spiro atoms. The molecule has 1 aromatic heterocycles. The van der Waals surface area contributed by atoms with Crippen LogP contribution >= 0.6 is 0 Å². The van der Waals surface area contributed by atoms with Crippen LogP contribution in [0.2, 0.25) is 0 Å². The summed E-state index contributed by atoms with van der Waals surface area (Å²) in [6.07, 6.45) is 1.68. The van der Waals surface area contributed by atoms with Crippen LogP contribution in [0.1, 0.15) is 35.7 Å². The molecule has 2 aliphatic heterocycles. The number of nitrogens with zero attached hydrogens (tertiary/aromatic N) is 3. The molecule has 0 saturated carbocycles. The monoisotopic (exact) mass is 381 g/mol. The van der Waals surface area contributed by atoms with Crippen molar-refractivity contribution in [3.63, 3.8) is 0 Å². The second-order valence-corrected chi connectivity index (χ2v) is 7.34. The predicted octanol–water partition coefficient (Wildman–Crippen LogP) is 3.70. The molecule has 6 nitrogen and oxygen atoms in total. The van der Waals surface area contributed by atoms with Crippen molar-refractivity contribution in [2.24, 2.45) is 0 Å². The van der Waals surface area contributed by atoms with Gasteiger partial charge < -0.3 is 19.3 Å². The van der Waals surface area contributed by atoms with E-state index in [1.54, 1.807) is 0 Å². The zero-order valence-corrected chi connectivity index (χ0v) is 16.3. The summed E-state index contributed by atoms with van der Waals surface area (Å²) in [6, 6.07) is 14.0. The van der Waals surface area contributed by atoms with Crippen molar-refractivity contribution in [3.8, 4) is 0 Å². The molecule has 0 N–H and O–H groups in total. The normalized spacial score (nSPS) is 19.7. The van der Waals surface area contributed by atoms with Crippen LogP contribution in [0.5, 0.6) is 0 Å². The maximum atomic E-state index is 12.7. The van der Waals surface area contributed by atoms with Gasteiger partial charge in [-0.1, -0.05) is 36.4 Å². The molecule has 2 aliphatic rings. The molecule has 148 valence electrons. The van der Waals surface area contributed by atoms with E-state index >= 15 is 0 Å². The minimum absolute atomic E-state index is 0.0366. The molecule has 2 fully saturated rings. The number of morpholine rings is 1. The second kappa shape index (κ2) is 8.61. The lowest BCUT2D eigenvalue weighted by molar-refractivity contribution is 0.0919. The number of ether oxygens (including phenoxy) is 2. The van der Waals surface area contributed by atoms with Crippen molar-refractivity contribution in [2.45, 2.75) is 32.4 Å². The number of hydrogen-bond donors (Lipinski definition) is 0. The molecule has 2 aromatic rings. The summed E-state index contributed by atoms with van der Waals surface area (Å²) in [6.45, 7) is 6.28. The largest absolute Gasteiger partial charge is 0.445 e. The number of rotatable bonds is 4. The summed E-state index contributed by atoms with van der Waals surface area (Å²) < 4.78 is 11.0. The van der Waals surface area contributed by atoms with Gasteiger partial charge >= 0.3 is 6.09 Å². The molecule has 6 heteroatoms. The highest BCUT2D eigenvalue weighted by atomic mass is 16.6. The van der Waals surface area contributed by atoms with Crippen LogP contribution in [-0.2, 0) is 16.1 Å². The smallest absolute Gasteiger partial charge is 0.410 e. The Morgan fingerprint density at radius 1 is 1.14 bits per heavy atom. The lowest BCUT2D eigenvalue weighted by atomic mass is 10.0. The topological polar surface area (TPSA) is 54.9 Å². The molecular formula is C22H27N3O3. The highest BCUT2D eigenvalue weighted by Crippen LogP contribution is 2.34. The minimum Gasteiger partial charge on any atom is -0.445 e. The molecule has 28 heavy (non-hydrogen) atoms. The van der Waals surface area contributed by atoms with Gasteiger partial charge in [0.2, 0.25) is 0 Å². The van der Waals surface area contributed by atoms with Crippen LogP contribution in [0.4, 0.5) is 10.6 Å². The van der Waals surface area contributed by atoms with Gasteiger partial charge in [-0.25, -0.2) is 9.78 Å². The fraction of sp³-hybridized carbons (Fsp3) is 0.455. The minimum atomic E-state index is -0.247. The maximum Gasteiger partial charge on any atom is 0.410 e. The SMILES string of the molecule is Cc1nc(N2CCOCC2)ccc1[C@@H]1CCCN1C(=O)OCc1ccccc1. The first kappa shape index (κ1) is 18.7. The molecule has 0 radical (unpaired) electrons. The number of aryl methyl sites for hydroxylation is 1. The average molecular weight is 381 g/mol. The fourth-order valence-electron chi connectivity index (χ4n) is 3.99. The molecule has 0 unspecified atom stereocenters. The molecule has 0 aliphatic carbocycles. The average Bonchev–Trinajstić information content (AvgIpc) is 3.23. The van der Waals surface area contributed by atoms with E-state index in [0.717, 1.165) is 68.3 Å². The number of anilines is 1. The third-order valence-corrected chi connectivity index (χ3v) is 5.50. The number of amides is 1. The van der Waals surface area contributed by atoms with Gasteiger partial charge in [0.15, 0.2) is 0 Å². The van der Waals surface area contributed by atoms with Gasteiger partial charge in [0.1, 0.15) is 12.4 Å². The van der Waals surface area contributed by atoms with Crippen molar-refractivity contribution in [1.82, 2.24) is 9.88 Å². The Morgan fingerprint density at radius 3 is 2.68 bits per heavy atom. The van der Waals surface area contributed by atoms with Crippen LogP contribution in [0.3, 0.4) is 0 Å². The van der Waals surface area contributed by atoms with Crippen LogP contribution in [0.15, 0.2) is 42.5 Å². The number of hydrogen-bond acceptors (Lipinski definition) is 5. The van der Waals surface area contributed by atoms with Gasteiger partial charge in [0.25, 0.3) is 0 Å². The van der Waals surface area contributed by atoms with Gasteiger partial charge in [0, 0.05) is 25.3 Å². The van der Waals surface area contributed by atoms with Crippen molar-refractivity contribution >= 4 is 11.9 Å². The highest BCUT2D eigenvalue weighted by molar-refractivity contribution is 5.69. The number of pyridine rings is 1. The van der Waals surface area contributed by atoms with Crippen molar-refractivity contribution < 1.29 is 14.3 Å². The predicted molar refractivity (Wildman–Crippen MR) is 107 cm³/mol. The molecular weight excluding hydrogens is 354 g/mol. The number of benzene rings is 1. The van der Waals surface area contributed by atoms with E-state index in [2.05, 4.69) is 17.0 Å². The lowest BCUT2D eigenvalue weighted by Crippen LogP contribution is -2.37. The van der Waals surface area contributed by atoms with Crippen LogP contribution in [0.25, 0.3) is 0 Å². The van der Waals surface area contributed by atoms with Crippen LogP contribution in [-0.4, -0.2) is 48.8 Å². The summed E-state index contributed by atoms with van der Waals surface area (Å²) in [5.74, 6) is 0.987. The van der Waals surface area contributed by atoms with Gasteiger partial charge in [-0.15, -0.1) is 0 Å². The summed E-state index contributed by atoms with van der Waals surface area (Å²) in [7, 11) is 0. The number of carbonyl (C=O) groups is 1. The van der Waals surface area contributed by atoms with E-state index in [1.165, 1.54) is 0 Å². The van der Waals surface area contributed by atoms with Crippen molar-refractivity contribution in [3.05, 3.63) is 59.3 Å². The Morgan fingerprint density at radius 2 is 1.93 bits per heavy atom. The third-order valence-electron chi connectivity index (χ3n) is 5.50. The molecule has 4 rings (SSSR count). The molecule has 3 heterocycles. The Balaban J connectivity index is 1.44. The first-order valence-electron chi connectivity index (χ1n) is 10.00. The van der Waals surface area contributed by atoms with Gasteiger partial charge in [-0.05, 0) is 37.0 Å². The van der Waals surface area contributed by atoms with E-state index in [1.807, 2.05) is 42.2 Å². The summed E-state index contributed by atoms with van der Waals surface area (Å²) in [4.78, 5) is 21.6. The first-order chi connectivity index (χ1) is 13.7. The summed E-state index contributed by atoms with van der Waals surface area (Å²) in [5.41, 5.74) is 3.10. The molecule has 0 bridgehead atoms. The van der Waals surface area contributed by atoms with E-state index in [9.17, 15) is 4.79 Å². The number of likely N-dealkylation sites (tertiary alicyclic amines) is 1. The molecule has 1 aromatic carbocycles. The standard InChI is InChI=1S/C22H27N3O3/c1-17-19(9-10-21(23-17)24-12-14-27-15-13-24)20-8-5-11-25(20)22(26)28-16-18-6-3-2-4-7-18/h2-4,6-7,9-10,20H,5,8,11-16H2,1H3/t20-/m0/s1. The Kier molecular flexibility index (Phi) is 5.76. The van der Waals surface area contributed by atoms with E-state index < -0.39 is 0 Å². The van der Waals surface area contributed by atoms with E-state index in [-0.39, 0.29) is 12.1 Å². The van der Waals surface area contributed by atoms with Gasteiger partial charge in [-0.3, -0.25) is 0 Å². The fourth-order valence-corrected chi connectivity index (χ4v) is 3.99. The quantitative estimate of drug-likeness (QED) is 0.808. The highest BCUT2D eigenvalue weighted by Gasteiger charge is 2.32. The summed E-state index contributed by atoms with van der Waals surface area (Å²) in [5, 5.41) is 0. The number of carbonyl (C=O) groups excluding carboxylic acids is 1. The third kappa shape index (κ3) is 4.12. The van der Waals surface area contributed by atoms with Gasteiger partial charge in [0.05, 0.1) is 19.3 Å². The zero-order valence-electron chi connectivity index (χ0n) is 16.3.